The average molecular weight is 336 g/mol. The van der Waals surface area contributed by atoms with Gasteiger partial charge in [-0.1, -0.05) is 51.4 Å². The van der Waals surface area contributed by atoms with Crippen molar-refractivity contribution in [2.45, 2.75) is 6.61 Å². The summed E-state index contributed by atoms with van der Waals surface area (Å²) in [5.41, 5.74) is 1.68. The van der Waals surface area contributed by atoms with Crippen molar-refractivity contribution < 1.29 is 14.7 Å². The number of halogens is 1. The van der Waals surface area contributed by atoms with Gasteiger partial charge in [-0.25, -0.2) is 0 Å². The van der Waals surface area contributed by atoms with Crippen molar-refractivity contribution in [2.24, 2.45) is 5.16 Å². The first-order valence-corrected chi connectivity index (χ1v) is 6.75. The Morgan fingerprint density at radius 2 is 2.00 bits per heavy atom. The summed E-state index contributed by atoms with van der Waals surface area (Å²) in [5, 5.41) is 11.8. The number of nitrogens with zero attached hydrogens (tertiary/aromatic N) is 1. The predicted molar refractivity (Wildman–Crippen MR) is 80.8 cm³/mol. The molecular formula is C15H14BrNO3. The minimum Gasteiger partial charge on any atom is -0.493 e. The highest BCUT2D eigenvalue weighted by Crippen LogP contribution is 2.34. The first kappa shape index (κ1) is 14.4. The third kappa shape index (κ3) is 3.51. The molecule has 0 aromatic heterocycles. The number of rotatable bonds is 5. The molecule has 5 heteroatoms. The first-order chi connectivity index (χ1) is 9.74. The standard InChI is InChI=1S/C15H14BrNO3/c1-19-14-8-13(16)7-12(9-17-18)15(14)20-10-11-5-3-2-4-6-11/h2-9,18H,10H2,1H3/b17-9+. The Labute approximate surface area is 125 Å². The highest BCUT2D eigenvalue weighted by molar-refractivity contribution is 9.10. The molecule has 0 atom stereocenters. The number of benzene rings is 2. The monoisotopic (exact) mass is 335 g/mol. The third-order valence-corrected chi connectivity index (χ3v) is 3.15. The van der Waals surface area contributed by atoms with Crippen LogP contribution in [0.25, 0.3) is 0 Å². The molecule has 4 nitrogen and oxygen atoms in total. The molecule has 0 saturated carbocycles. The molecule has 20 heavy (non-hydrogen) atoms. The van der Waals surface area contributed by atoms with Crippen LogP contribution >= 0.6 is 15.9 Å². The molecule has 0 spiro atoms. The zero-order chi connectivity index (χ0) is 14.4. The Morgan fingerprint density at radius 3 is 2.65 bits per heavy atom. The lowest BCUT2D eigenvalue weighted by Gasteiger charge is -2.13. The lowest BCUT2D eigenvalue weighted by molar-refractivity contribution is 0.283. The quantitative estimate of drug-likeness (QED) is 0.513. The van der Waals surface area contributed by atoms with Crippen molar-refractivity contribution in [2.75, 3.05) is 7.11 Å². The largest absolute Gasteiger partial charge is 0.493 e. The van der Waals surface area contributed by atoms with Crippen LogP contribution in [0.4, 0.5) is 0 Å². The maximum atomic E-state index is 8.74. The van der Waals surface area contributed by atoms with Gasteiger partial charge in [0, 0.05) is 10.0 Å². The molecule has 2 aromatic rings. The van der Waals surface area contributed by atoms with E-state index in [1.165, 1.54) is 6.21 Å². The van der Waals surface area contributed by atoms with Gasteiger partial charge in [-0.2, -0.15) is 0 Å². The Bertz CT molecular complexity index is 600. The van der Waals surface area contributed by atoms with Gasteiger partial charge in [-0.15, -0.1) is 0 Å². The van der Waals surface area contributed by atoms with Crippen LogP contribution in [0.15, 0.2) is 52.1 Å². The topological polar surface area (TPSA) is 51.0 Å². The molecular weight excluding hydrogens is 322 g/mol. The molecule has 0 saturated heterocycles. The van der Waals surface area contributed by atoms with Gasteiger partial charge < -0.3 is 14.7 Å². The first-order valence-electron chi connectivity index (χ1n) is 5.96. The van der Waals surface area contributed by atoms with Crippen LogP contribution in [0.2, 0.25) is 0 Å². The SMILES string of the molecule is COc1cc(Br)cc(/C=N/O)c1OCc1ccccc1. The van der Waals surface area contributed by atoms with Crippen molar-refractivity contribution in [3.8, 4) is 11.5 Å². The van der Waals surface area contributed by atoms with Gasteiger partial charge >= 0.3 is 0 Å². The number of hydrogen-bond acceptors (Lipinski definition) is 4. The van der Waals surface area contributed by atoms with Crippen molar-refractivity contribution in [1.29, 1.82) is 0 Å². The van der Waals surface area contributed by atoms with Crippen LogP contribution in [0.5, 0.6) is 11.5 Å². The van der Waals surface area contributed by atoms with Crippen molar-refractivity contribution >= 4 is 22.1 Å². The number of hydrogen-bond donors (Lipinski definition) is 1. The van der Waals surface area contributed by atoms with Crippen molar-refractivity contribution in [3.05, 3.63) is 58.1 Å². The molecule has 1 N–H and O–H groups in total. The zero-order valence-corrected chi connectivity index (χ0v) is 12.5. The summed E-state index contributed by atoms with van der Waals surface area (Å²) in [6, 6.07) is 13.4. The predicted octanol–water partition coefficient (Wildman–Crippen LogP) is 3.84. The zero-order valence-electron chi connectivity index (χ0n) is 10.9. The van der Waals surface area contributed by atoms with E-state index in [4.69, 9.17) is 14.7 Å². The third-order valence-electron chi connectivity index (χ3n) is 2.69. The van der Waals surface area contributed by atoms with Gasteiger partial charge in [0.2, 0.25) is 0 Å². The summed E-state index contributed by atoms with van der Waals surface area (Å²) in [7, 11) is 1.57. The Balaban J connectivity index is 2.29. The van der Waals surface area contributed by atoms with E-state index < -0.39 is 0 Å². The van der Waals surface area contributed by atoms with E-state index in [9.17, 15) is 0 Å². The lowest BCUT2D eigenvalue weighted by Crippen LogP contribution is -2.01. The summed E-state index contributed by atoms with van der Waals surface area (Å²) in [6.07, 6.45) is 1.31. The van der Waals surface area contributed by atoms with Crippen molar-refractivity contribution in [1.82, 2.24) is 0 Å². The summed E-state index contributed by atoms with van der Waals surface area (Å²) in [5.74, 6) is 1.11. The minimum absolute atomic E-state index is 0.408. The van der Waals surface area contributed by atoms with Gasteiger partial charge in [0.25, 0.3) is 0 Å². The van der Waals surface area contributed by atoms with Crippen LogP contribution < -0.4 is 9.47 Å². The smallest absolute Gasteiger partial charge is 0.170 e. The fourth-order valence-corrected chi connectivity index (χ4v) is 2.24. The van der Waals surface area contributed by atoms with Gasteiger partial charge in [0.1, 0.15) is 6.61 Å². The summed E-state index contributed by atoms with van der Waals surface area (Å²) in [4.78, 5) is 0. The molecule has 0 amide bonds. The molecule has 104 valence electrons. The average Bonchev–Trinajstić information content (AvgIpc) is 2.47. The van der Waals surface area contributed by atoms with Crippen LogP contribution in [0.1, 0.15) is 11.1 Å². The number of methoxy groups -OCH3 is 1. The van der Waals surface area contributed by atoms with Crippen LogP contribution in [0.3, 0.4) is 0 Å². The molecule has 2 rings (SSSR count). The summed E-state index contributed by atoms with van der Waals surface area (Å²) < 4.78 is 11.9. The molecule has 0 aliphatic heterocycles. The van der Waals surface area contributed by atoms with E-state index in [0.717, 1.165) is 10.0 Å². The van der Waals surface area contributed by atoms with Crippen LogP contribution in [-0.2, 0) is 6.61 Å². The maximum absolute atomic E-state index is 8.74. The normalized spacial score (nSPS) is 10.7. The van der Waals surface area contributed by atoms with Gasteiger partial charge in [-0.3, -0.25) is 0 Å². The number of ether oxygens (including phenoxy) is 2. The second kappa shape index (κ2) is 6.96. The number of oxime groups is 1. The Hall–Kier alpha value is -2.01. The van der Waals surface area contributed by atoms with Crippen LogP contribution in [0, 0.1) is 0 Å². The highest BCUT2D eigenvalue weighted by Gasteiger charge is 2.12. The molecule has 0 fully saturated rings. The Kier molecular flexibility index (Phi) is 5.01. The van der Waals surface area contributed by atoms with E-state index in [-0.39, 0.29) is 0 Å². The van der Waals surface area contributed by atoms with E-state index in [1.54, 1.807) is 19.2 Å². The van der Waals surface area contributed by atoms with E-state index in [2.05, 4.69) is 21.1 Å². The lowest BCUT2D eigenvalue weighted by atomic mass is 10.2. The van der Waals surface area contributed by atoms with E-state index >= 15 is 0 Å². The maximum Gasteiger partial charge on any atom is 0.170 e. The molecule has 0 unspecified atom stereocenters. The molecule has 0 aliphatic rings. The highest BCUT2D eigenvalue weighted by atomic mass is 79.9. The van der Waals surface area contributed by atoms with E-state index in [0.29, 0.717) is 23.7 Å². The fraction of sp³-hybridized carbons (Fsp3) is 0.133. The molecule has 0 bridgehead atoms. The molecule has 0 aliphatic carbocycles. The van der Waals surface area contributed by atoms with Gasteiger partial charge in [-0.05, 0) is 17.7 Å². The van der Waals surface area contributed by atoms with Crippen molar-refractivity contribution in [3.63, 3.8) is 0 Å². The second-order valence-electron chi connectivity index (χ2n) is 4.05. The van der Waals surface area contributed by atoms with Gasteiger partial charge in [0.05, 0.1) is 13.3 Å². The minimum atomic E-state index is 0.408. The second-order valence-corrected chi connectivity index (χ2v) is 4.96. The summed E-state index contributed by atoms with van der Waals surface area (Å²) >= 11 is 3.38. The van der Waals surface area contributed by atoms with Gasteiger partial charge in [0.15, 0.2) is 11.5 Å². The molecule has 2 aromatic carbocycles. The van der Waals surface area contributed by atoms with E-state index in [1.807, 2.05) is 30.3 Å². The molecule has 0 heterocycles. The molecule has 0 radical (unpaired) electrons. The fourth-order valence-electron chi connectivity index (χ4n) is 1.78. The Morgan fingerprint density at radius 1 is 1.25 bits per heavy atom. The van der Waals surface area contributed by atoms with Crippen LogP contribution in [-0.4, -0.2) is 18.5 Å². The summed E-state index contributed by atoms with van der Waals surface area (Å²) in [6.45, 7) is 0.408.